The van der Waals surface area contributed by atoms with Crippen LogP contribution in [-0.2, 0) is 11.3 Å². The molecule has 0 saturated carbocycles. The van der Waals surface area contributed by atoms with Gasteiger partial charge >= 0.3 is 0 Å². The highest BCUT2D eigenvalue weighted by Gasteiger charge is 2.11. The normalized spacial score (nSPS) is 11.1. The summed E-state index contributed by atoms with van der Waals surface area (Å²) in [7, 11) is 1.67. The molecule has 6 heteroatoms. The maximum atomic E-state index is 12.3. The Hall–Kier alpha value is -3.25. The molecule has 0 fully saturated rings. The van der Waals surface area contributed by atoms with Crippen LogP contribution in [0.5, 0.6) is 0 Å². The van der Waals surface area contributed by atoms with Crippen LogP contribution >= 0.6 is 0 Å². The highest BCUT2D eigenvalue weighted by molar-refractivity contribution is 5.86. The van der Waals surface area contributed by atoms with Gasteiger partial charge in [-0.25, -0.2) is 5.10 Å². The monoisotopic (exact) mass is 332 g/mol. The minimum absolute atomic E-state index is 0.235. The second-order valence-corrected chi connectivity index (χ2v) is 5.77. The number of nitrogens with one attached hydrogen (secondary N) is 2. The van der Waals surface area contributed by atoms with Crippen LogP contribution in [-0.4, -0.2) is 27.3 Å². The van der Waals surface area contributed by atoms with Crippen molar-refractivity contribution in [1.82, 2.24) is 20.2 Å². The number of methoxy groups -OCH3 is 1. The van der Waals surface area contributed by atoms with Crippen molar-refractivity contribution in [2.24, 2.45) is 0 Å². The Morgan fingerprint density at radius 3 is 2.72 bits per heavy atom. The van der Waals surface area contributed by atoms with Crippen LogP contribution in [0.1, 0.15) is 5.56 Å². The lowest BCUT2D eigenvalue weighted by Crippen LogP contribution is -2.11. The summed E-state index contributed by atoms with van der Waals surface area (Å²) >= 11 is 0. The number of hydrogen-bond donors (Lipinski definition) is 2. The molecule has 1 aromatic carbocycles. The summed E-state index contributed by atoms with van der Waals surface area (Å²) in [4.78, 5) is 19.6. The van der Waals surface area contributed by atoms with Crippen LogP contribution in [0.4, 0.5) is 0 Å². The Morgan fingerprint density at radius 2 is 1.92 bits per heavy atom. The summed E-state index contributed by atoms with van der Waals surface area (Å²) in [6, 6.07) is 13.5. The van der Waals surface area contributed by atoms with Crippen molar-refractivity contribution >= 4 is 10.9 Å². The Labute approximate surface area is 143 Å². The molecule has 124 valence electrons. The molecule has 0 amide bonds. The van der Waals surface area contributed by atoms with Gasteiger partial charge in [0, 0.05) is 36.0 Å². The van der Waals surface area contributed by atoms with E-state index in [2.05, 4.69) is 20.2 Å². The maximum absolute atomic E-state index is 12.3. The number of fused-ring (bicyclic) bond motifs is 1. The molecule has 6 nitrogen and oxygen atoms in total. The van der Waals surface area contributed by atoms with Gasteiger partial charge in [-0.2, -0.15) is 5.10 Å². The van der Waals surface area contributed by atoms with E-state index in [0.29, 0.717) is 17.9 Å². The van der Waals surface area contributed by atoms with E-state index < -0.39 is 0 Å². The molecule has 3 heterocycles. The average Bonchev–Trinajstić information content (AvgIpc) is 3.06. The third-order valence-electron chi connectivity index (χ3n) is 4.07. The lowest BCUT2D eigenvalue weighted by Gasteiger charge is -2.02. The Kier molecular flexibility index (Phi) is 3.87. The Morgan fingerprint density at radius 1 is 1.08 bits per heavy atom. The van der Waals surface area contributed by atoms with Gasteiger partial charge in [0.1, 0.15) is 0 Å². The summed E-state index contributed by atoms with van der Waals surface area (Å²) in [5.74, 6) is 0. The van der Waals surface area contributed by atoms with E-state index in [1.807, 2.05) is 36.4 Å². The number of rotatable bonds is 4. The molecule has 4 aromatic rings. The molecule has 0 spiro atoms. The second-order valence-electron chi connectivity index (χ2n) is 5.77. The average molecular weight is 332 g/mol. The number of benzene rings is 1. The first kappa shape index (κ1) is 15.3. The van der Waals surface area contributed by atoms with Crippen molar-refractivity contribution < 1.29 is 4.74 Å². The first-order valence-electron chi connectivity index (χ1n) is 7.85. The van der Waals surface area contributed by atoms with Crippen LogP contribution in [0.25, 0.3) is 33.4 Å². The summed E-state index contributed by atoms with van der Waals surface area (Å²) in [6.45, 7) is 0.548. The fourth-order valence-corrected chi connectivity index (χ4v) is 2.85. The molecule has 0 aliphatic carbocycles. The lowest BCUT2D eigenvalue weighted by atomic mass is 10.1. The highest BCUT2D eigenvalue weighted by Crippen LogP contribution is 2.25. The molecule has 0 unspecified atom stereocenters. The third kappa shape index (κ3) is 2.95. The van der Waals surface area contributed by atoms with Gasteiger partial charge in [0.05, 0.1) is 23.6 Å². The molecule has 25 heavy (non-hydrogen) atoms. The van der Waals surface area contributed by atoms with Crippen molar-refractivity contribution in [2.75, 3.05) is 7.11 Å². The van der Waals surface area contributed by atoms with Crippen LogP contribution < -0.4 is 5.56 Å². The van der Waals surface area contributed by atoms with E-state index in [0.717, 1.165) is 27.7 Å². The zero-order valence-electron chi connectivity index (χ0n) is 13.6. The molecule has 2 N–H and O–H groups in total. The van der Waals surface area contributed by atoms with E-state index in [9.17, 15) is 4.79 Å². The summed E-state index contributed by atoms with van der Waals surface area (Å²) in [5.41, 5.74) is 4.69. The van der Waals surface area contributed by atoms with Gasteiger partial charge in [0.25, 0.3) is 5.56 Å². The molecule has 4 rings (SSSR count). The SMILES string of the molecule is COCc1ccc2cc(-c3cc(-c4ccncc4)n[nH]c3=O)[nH]c2c1. The molecular formula is C19H16N4O2. The first-order chi connectivity index (χ1) is 12.2. The van der Waals surface area contributed by atoms with Crippen molar-refractivity contribution in [3.8, 4) is 22.5 Å². The maximum Gasteiger partial charge on any atom is 0.273 e. The minimum Gasteiger partial charge on any atom is -0.380 e. The second kappa shape index (κ2) is 6.33. The molecule has 3 aromatic heterocycles. The number of hydrogen-bond acceptors (Lipinski definition) is 4. The van der Waals surface area contributed by atoms with E-state index >= 15 is 0 Å². The van der Waals surface area contributed by atoms with Crippen LogP contribution in [0, 0.1) is 0 Å². The smallest absolute Gasteiger partial charge is 0.273 e. The van der Waals surface area contributed by atoms with Gasteiger partial charge in [0.15, 0.2) is 0 Å². The minimum atomic E-state index is -0.235. The fraction of sp³-hybridized carbons (Fsp3) is 0.105. The molecule has 0 bridgehead atoms. The topological polar surface area (TPSA) is 83.7 Å². The zero-order valence-corrected chi connectivity index (χ0v) is 13.6. The number of ether oxygens (including phenoxy) is 1. The molecule has 0 aliphatic rings. The lowest BCUT2D eigenvalue weighted by molar-refractivity contribution is 0.185. The number of H-pyrrole nitrogens is 2. The molecular weight excluding hydrogens is 316 g/mol. The largest absolute Gasteiger partial charge is 0.380 e. The van der Waals surface area contributed by atoms with Crippen molar-refractivity contribution in [1.29, 1.82) is 0 Å². The van der Waals surface area contributed by atoms with E-state index in [1.165, 1.54) is 0 Å². The summed E-state index contributed by atoms with van der Waals surface area (Å²) in [5, 5.41) is 7.75. The van der Waals surface area contributed by atoms with Gasteiger partial charge in [-0.05, 0) is 35.9 Å². The predicted molar refractivity (Wildman–Crippen MR) is 96.1 cm³/mol. The van der Waals surface area contributed by atoms with Crippen molar-refractivity contribution in [2.45, 2.75) is 6.61 Å². The van der Waals surface area contributed by atoms with Gasteiger partial charge < -0.3 is 9.72 Å². The standard InChI is InChI=1S/C19H16N4O2/c1-25-11-12-2-3-14-9-18(21-16(14)8-12)15-10-17(22-23-19(15)24)13-4-6-20-7-5-13/h2-10,21H,11H2,1H3,(H,23,24). The van der Waals surface area contributed by atoms with E-state index in [1.54, 1.807) is 25.6 Å². The van der Waals surface area contributed by atoms with Crippen molar-refractivity contribution in [3.63, 3.8) is 0 Å². The number of pyridine rings is 1. The van der Waals surface area contributed by atoms with E-state index in [-0.39, 0.29) is 5.56 Å². The number of aromatic amines is 2. The fourth-order valence-electron chi connectivity index (χ4n) is 2.85. The third-order valence-corrected chi connectivity index (χ3v) is 4.07. The highest BCUT2D eigenvalue weighted by atomic mass is 16.5. The Balaban J connectivity index is 1.81. The number of nitrogens with zero attached hydrogens (tertiary/aromatic N) is 2. The predicted octanol–water partition coefficient (Wildman–Crippen LogP) is 3.13. The summed E-state index contributed by atoms with van der Waals surface area (Å²) in [6.07, 6.45) is 3.39. The van der Waals surface area contributed by atoms with Gasteiger partial charge in [-0.3, -0.25) is 9.78 Å². The zero-order chi connectivity index (χ0) is 17.2. The van der Waals surface area contributed by atoms with Crippen LogP contribution in [0.2, 0.25) is 0 Å². The van der Waals surface area contributed by atoms with Crippen molar-refractivity contribution in [3.05, 3.63) is 70.8 Å². The quantitative estimate of drug-likeness (QED) is 0.601. The van der Waals surface area contributed by atoms with E-state index in [4.69, 9.17) is 4.74 Å². The molecule has 0 radical (unpaired) electrons. The summed E-state index contributed by atoms with van der Waals surface area (Å²) < 4.78 is 5.17. The van der Waals surface area contributed by atoms with Gasteiger partial charge in [-0.1, -0.05) is 12.1 Å². The van der Waals surface area contributed by atoms with Crippen LogP contribution in [0.15, 0.2) is 59.7 Å². The molecule has 0 saturated heterocycles. The van der Waals surface area contributed by atoms with Crippen LogP contribution in [0.3, 0.4) is 0 Å². The molecule has 0 aliphatic heterocycles. The number of aromatic nitrogens is 4. The Bertz CT molecular complexity index is 1080. The first-order valence-corrected chi connectivity index (χ1v) is 7.85. The van der Waals surface area contributed by atoms with Gasteiger partial charge in [0.2, 0.25) is 0 Å². The van der Waals surface area contributed by atoms with Gasteiger partial charge in [-0.15, -0.1) is 0 Å². The molecule has 0 atom stereocenters.